The summed E-state index contributed by atoms with van der Waals surface area (Å²) < 4.78 is 0. The summed E-state index contributed by atoms with van der Waals surface area (Å²) in [6, 6.07) is 2.54. The minimum atomic E-state index is -0.177. The second-order valence-corrected chi connectivity index (χ2v) is 4.30. The van der Waals surface area contributed by atoms with Gasteiger partial charge in [0.15, 0.2) is 0 Å². The van der Waals surface area contributed by atoms with E-state index in [1.54, 1.807) is 4.90 Å². The van der Waals surface area contributed by atoms with E-state index in [1.807, 2.05) is 0 Å². The van der Waals surface area contributed by atoms with Crippen molar-refractivity contribution >= 4 is 5.91 Å². The molecule has 0 aromatic heterocycles. The standard InChI is InChI=1S/C12H18N3O.Re/c1-4-12(16)15-8-7-14(10(2)3)9-11(15)5-6-13;/h1,4,10-11H,5,7-9H2,2-3H3;/q-1;/t11-;/m0./s1. The molecule has 0 saturated carbocycles. The minimum Gasteiger partial charge on any atom is -0.411 e. The first-order chi connectivity index (χ1) is 7.60. The van der Waals surface area contributed by atoms with Crippen LogP contribution in [0.15, 0.2) is 6.08 Å². The van der Waals surface area contributed by atoms with Crippen LogP contribution in [0.25, 0.3) is 0 Å². The zero-order chi connectivity index (χ0) is 12.1. The first-order valence-corrected chi connectivity index (χ1v) is 5.56. The first kappa shape index (κ1) is 16.3. The SMILES string of the molecule is [CH-]=CC(=O)N1CCN(C(C)C)C[C@@H]1CC#N.[Re]. The fourth-order valence-corrected chi connectivity index (χ4v) is 2.01. The molecule has 1 rings (SSSR count). The Morgan fingerprint density at radius 1 is 1.59 bits per heavy atom. The molecule has 0 unspecified atom stereocenters. The summed E-state index contributed by atoms with van der Waals surface area (Å²) in [4.78, 5) is 15.5. The number of hydrogen-bond acceptors (Lipinski definition) is 3. The van der Waals surface area contributed by atoms with E-state index in [9.17, 15) is 4.79 Å². The van der Waals surface area contributed by atoms with E-state index in [2.05, 4.69) is 24.8 Å². The van der Waals surface area contributed by atoms with Gasteiger partial charge in [-0.3, -0.25) is 11.5 Å². The van der Waals surface area contributed by atoms with Gasteiger partial charge in [-0.1, -0.05) is 0 Å². The Balaban J connectivity index is 0.00000256. The molecule has 0 aliphatic carbocycles. The Bertz CT molecular complexity index is 311. The molecule has 17 heavy (non-hydrogen) atoms. The van der Waals surface area contributed by atoms with Gasteiger partial charge in [0.05, 0.1) is 18.4 Å². The zero-order valence-electron chi connectivity index (χ0n) is 10.3. The minimum absolute atomic E-state index is 0. The largest absolute Gasteiger partial charge is 0.411 e. The monoisotopic (exact) mass is 407 g/mol. The average Bonchev–Trinajstić information content (AvgIpc) is 2.28. The maximum absolute atomic E-state index is 11.5. The molecule has 4 nitrogen and oxygen atoms in total. The molecule has 1 atom stereocenters. The number of nitriles is 1. The van der Waals surface area contributed by atoms with Gasteiger partial charge in [-0.25, -0.2) is 0 Å². The third kappa shape index (κ3) is 4.24. The molecule has 1 aliphatic rings. The molecule has 1 radical (unpaired) electrons. The first-order valence-electron chi connectivity index (χ1n) is 5.56. The summed E-state index contributed by atoms with van der Waals surface area (Å²) in [5.74, 6) is -0.177. The van der Waals surface area contributed by atoms with Crippen LogP contribution in [0.5, 0.6) is 0 Å². The average molecular weight is 407 g/mol. The molecular formula is C12H18N3ORe-. The van der Waals surface area contributed by atoms with Crippen LogP contribution in [-0.4, -0.2) is 47.4 Å². The van der Waals surface area contributed by atoms with Crippen molar-refractivity contribution in [2.24, 2.45) is 0 Å². The maximum atomic E-state index is 11.5. The molecule has 1 fully saturated rings. The zero-order valence-corrected chi connectivity index (χ0v) is 13.0. The Morgan fingerprint density at radius 3 is 2.71 bits per heavy atom. The third-order valence-corrected chi connectivity index (χ3v) is 3.00. The summed E-state index contributed by atoms with van der Waals surface area (Å²) in [6.45, 7) is 11.7. The molecular weight excluding hydrogens is 388 g/mol. The van der Waals surface area contributed by atoms with Gasteiger partial charge in [0, 0.05) is 52.1 Å². The second kappa shape index (κ2) is 7.61. The number of piperazine rings is 1. The smallest absolute Gasteiger partial charge is 0.0870 e. The number of amides is 1. The number of nitrogens with zero attached hydrogens (tertiary/aromatic N) is 3. The molecule has 0 bridgehead atoms. The van der Waals surface area contributed by atoms with Crippen LogP contribution in [0.1, 0.15) is 20.3 Å². The van der Waals surface area contributed by atoms with Crippen LogP contribution >= 0.6 is 0 Å². The predicted octanol–water partition coefficient (Wildman–Crippen LogP) is 0.808. The van der Waals surface area contributed by atoms with Crippen molar-refractivity contribution in [2.75, 3.05) is 19.6 Å². The number of carbonyl (C=O) groups is 1. The van der Waals surface area contributed by atoms with E-state index in [0.717, 1.165) is 19.2 Å². The summed E-state index contributed by atoms with van der Waals surface area (Å²) >= 11 is 0. The van der Waals surface area contributed by atoms with Crippen LogP contribution in [0.4, 0.5) is 0 Å². The van der Waals surface area contributed by atoms with Crippen LogP contribution in [0.2, 0.25) is 0 Å². The van der Waals surface area contributed by atoms with Crippen molar-refractivity contribution in [3.63, 3.8) is 0 Å². The summed E-state index contributed by atoms with van der Waals surface area (Å²) in [7, 11) is 0. The normalized spacial score (nSPS) is 20.6. The topological polar surface area (TPSA) is 47.3 Å². The van der Waals surface area contributed by atoms with Crippen LogP contribution in [0.3, 0.4) is 0 Å². The van der Waals surface area contributed by atoms with Gasteiger partial charge in [-0.05, 0) is 13.8 Å². The number of carbonyl (C=O) groups excluding carboxylic acids is 1. The molecule has 1 heterocycles. The fraction of sp³-hybridized carbons (Fsp3) is 0.667. The molecule has 95 valence electrons. The van der Waals surface area contributed by atoms with Crippen molar-refractivity contribution in [1.29, 1.82) is 5.26 Å². The van der Waals surface area contributed by atoms with Gasteiger partial charge in [0.25, 0.3) is 0 Å². The van der Waals surface area contributed by atoms with E-state index in [0.29, 0.717) is 19.0 Å². The fourth-order valence-electron chi connectivity index (χ4n) is 2.01. The van der Waals surface area contributed by atoms with Gasteiger partial charge in [-0.15, -0.1) is 0 Å². The van der Waals surface area contributed by atoms with Gasteiger partial charge >= 0.3 is 0 Å². The van der Waals surface area contributed by atoms with Crippen LogP contribution < -0.4 is 0 Å². The van der Waals surface area contributed by atoms with Crippen molar-refractivity contribution < 1.29 is 25.2 Å². The van der Waals surface area contributed by atoms with Crippen LogP contribution in [-0.2, 0) is 25.2 Å². The second-order valence-electron chi connectivity index (χ2n) is 4.30. The van der Waals surface area contributed by atoms with Gasteiger partial charge in [0.1, 0.15) is 0 Å². The maximum Gasteiger partial charge on any atom is 0.0870 e. The molecule has 1 aliphatic heterocycles. The van der Waals surface area contributed by atoms with E-state index in [4.69, 9.17) is 11.8 Å². The number of hydrogen-bond donors (Lipinski definition) is 0. The van der Waals surface area contributed by atoms with Gasteiger partial charge in [0.2, 0.25) is 0 Å². The Kier molecular flexibility index (Phi) is 7.31. The third-order valence-electron chi connectivity index (χ3n) is 3.00. The predicted molar refractivity (Wildman–Crippen MR) is 61.3 cm³/mol. The Morgan fingerprint density at radius 2 is 2.24 bits per heavy atom. The Hall–Kier alpha value is -0.678. The molecule has 0 aromatic carbocycles. The molecule has 1 amide bonds. The molecule has 0 N–H and O–H groups in total. The van der Waals surface area contributed by atoms with E-state index < -0.39 is 0 Å². The van der Waals surface area contributed by atoms with E-state index >= 15 is 0 Å². The molecule has 5 heteroatoms. The van der Waals surface area contributed by atoms with Crippen molar-refractivity contribution in [2.45, 2.75) is 32.4 Å². The summed E-state index contributed by atoms with van der Waals surface area (Å²) in [5, 5.41) is 8.77. The summed E-state index contributed by atoms with van der Waals surface area (Å²) in [5.41, 5.74) is 0. The van der Waals surface area contributed by atoms with E-state index in [-0.39, 0.29) is 32.4 Å². The van der Waals surface area contributed by atoms with Gasteiger partial charge in [-0.2, -0.15) is 11.3 Å². The molecule has 0 spiro atoms. The molecule has 0 aromatic rings. The Labute approximate surface area is 117 Å². The van der Waals surface area contributed by atoms with Gasteiger partial charge < -0.3 is 9.69 Å². The number of rotatable bonds is 3. The quantitative estimate of drug-likeness (QED) is 0.515. The van der Waals surface area contributed by atoms with Crippen molar-refractivity contribution in [1.82, 2.24) is 9.80 Å². The summed E-state index contributed by atoms with van der Waals surface area (Å²) in [6.07, 6.45) is 1.44. The van der Waals surface area contributed by atoms with E-state index in [1.165, 1.54) is 0 Å². The molecule has 1 saturated heterocycles. The van der Waals surface area contributed by atoms with Crippen molar-refractivity contribution in [3.05, 3.63) is 12.7 Å². The van der Waals surface area contributed by atoms with Crippen LogP contribution in [0, 0.1) is 17.9 Å². The van der Waals surface area contributed by atoms with Crippen molar-refractivity contribution in [3.8, 4) is 6.07 Å².